The number of piperazine rings is 1. The van der Waals surface area contributed by atoms with Gasteiger partial charge in [0.1, 0.15) is 0 Å². The van der Waals surface area contributed by atoms with Gasteiger partial charge in [0.05, 0.1) is 17.3 Å². The van der Waals surface area contributed by atoms with Crippen LogP contribution in [0, 0.1) is 6.92 Å². The average molecular weight is 374 g/mol. The van der Waals surface area contributed by atoms with E-state index < -0.39 is 0 Å². The van der Waals surface area contributed by atoms with E-state index in [9.17, 15) is 4.79 Å². The fraction of sp³-hybridized carbons (Fsp3) is 0.421. The smallest absolute Gasteiger partial charge is 0.255 e. The first-order chi connectivity index (χ1) is 12.4. The number of carbonyl (C=O) groups is 1. The van der Waals surface area contributed by atoms with Crippen molar-refractivity contribution in [3.63, 3.8) is 0 Å². The molecule has 26 heavy (non-hydrogen) atoms. The van der Waals surface area contributed by atoms with Crippen LogP contribution in [0.3, 0.4) is 0 Å². The number of anilines is 1. The van der Waals surface area contributed by atoms with Crippen molar-refractivity contribution in [2.45, 2.75) is 19.9 Å². The summed E-state index contributed by atoms with van der Waals surface area (Å²) in [4.78, 5) is 26.0. The summed E-state index contributed by atoms with van der Waals surface area (Å²) in [7, 11) is 2.11. The lowest BCUT2D eigenvalue weighted by Crippen LogP contribution is -2.45. The third kappa shape index (κ3) is 4.31. The number of hydrogen-bond donors (Lipinski definition) is 1. The largest absolute Gasteiger partial charge is 0.345 e. The SMILES string of the molecule is Cc1nc(N2CCN(C)CC2)ncc1C(=O)NC(C)c1ccc(Cl)cc1. The number of likely N-dealkylation sites (N-methyl/N-ethyl adjacent to an activating group) is 1. The van der Waals surface area contributed by atoms with Crippen LogP contribution in [-0.2, 0) is 0 Å². The molecule has 1 aromatic heterocycles. The number of aromatic nitrogens is 2. The number of nitrogens with zero attached hydrogens (tertiary/aromatic N) is 4. The van der Waals surface area contributed by atoms with Crippen molar-refractivity contribution in [2.75, 3.05) is 38.1 Å². The van der Waals surface area contributed by atoms with Gasteiger partial charge in [0.2, 0.25) is 5.95 Å². The van der Waals surface area contributed by atoms with Crippen molar-refractivity contribution in [3.05, 3.63) is 52.3 Å². The summed E-state index contributed by atoms with van der Waals surface area (Å²) in [5.74, 6) is 0.521. The fourth-order valence-corrected chi connectivity index (χ4v) is 3.07. The zero-order valence-corrected chi connectivity index (χ0v) is 16.1. The van der Waals surface area contributed by atoms with E-state index in [0.29, 0.717) is 22.2 Å². The second kappa shape index (κ2) is 8.01. The minimum absolute atomic E-state index is 0.128. The van der Waals surface area contributed by atoms with Crippen molar-refractivity contribution in [1.29, 1.82) is 0 Å². The molecule has 1 atom stereocenters. The van der Waals surface area contributed by atoms with E-state index in [2.05, 4.69) is 32.1 Å². The lowest BCUT2D eigenvalue weighted by Gasteiger charge is -2.32. The average Bonchev–Trinajstić information content (AvgIpc) is 2.62. The Bertz CT molecular complexity index is 772. The molecule has 2 aromatic rings. The van der Waals surface area contributed by atoms with E-state index in [1.807, 2.05) is 38.1 Å². The molecular weight excluding hydrogens is 350 g/mol. The number of halogens is 1. The van der Waals surface area contributed by atoms with E-state index in [4.69, 9.17) is 11.6 Å². The quantitative estimate of drug-likeness (QED) is 0.892. The molecule has 1 N–H and O–H groups in total. The van der Waals surface area contributed by atoms with Crippen molar-refractivity contribution in [3.8, 4) is 0 Å². The Balaban J connectivity index is 1.68. The third-order valence-corrected chi connectivity index (χ3v) is 4.97. The minimum atomic E-state index is -0.171. The summed E-state index contributed by atoms with van der Waals surface area (Å²) in [5.41, 5.74) is 2.19. The molecular formula is C19H24ClN5O. The topological polar surface area (TPSA) is 61.4 Å². The maximum atomic E-state index is 12.6. The van der Waals surface area contributed by atoms with Crippen LogP contribution >= 0.6 is 11.6 Å². The number of rotatable bonds is 4. The van der Waals surface area contributed by atoms with Crippen molar-refractivity contribution >= 4 is 23.5 Å². The maximum absolute atomic E-state index is 12.6. The molecule has 1 saturated heterocycles. The third-order valence-electron chi connectivity index (χ3n) is 4.71. The minimum Gasteiger partial charge on any atom is -0.345 e. The molecule has 0 saturated carbocycles. The van der Waals surface area contributed by atoms with E-state index in [1.54, 1.807) is 6.20 Å². The predicted octanol–water partition coefficient (Wildman–Crippen LogP) is 2.68. The molecule has 0 radical (unpaired) electrons. The zero-order chi connectivity index (χ0) is 18.7. The standard InChI is InChI=1S/C19H24ClN5O/c1-13(15-4-6-16(20)7-5-15)22-18(26)17-12-21-19(23-14(17)2)25-10-8-24(3)9-11-25/h4-7,12-13H,8-11H2,1-3H3,(H,22,26). The van der Waals surface area contributed by atoms with Crippen molar-refractivity contribution in [1.82, 2.24) is 20.2 Å². The first-order valence-electron chi connectivity index (χ1n) is 8.77. The maximum Gasteiger partial charge on any atom is 0.255 e. The summed E-state index contributed by atoms with van der Waals surface area (Å²) < 4.78 is 0. The Kier molecular flexibility index (Phi) is 5.74. The van der Waals surface area contributed by atoms with E-state index >= 15 is 0 Å². The molecule has 1 fully saturated rings. The summed E-state index contributed by atoms with van der Waals surface area (Å²) >= 11 is 5.92. The molecule has 7 heteroatoms. The van der Waals surface area contributed by atoms with Gasteiger partial charge >= 0.3 is 0 Å². The highest BCUT2D eigenvalue weighted by Crippen LogP contribution is 2.18. The number of carbonyl (C=O) groups excluding carboxylic acids is 1. The van der Waals surface area contributed by atoms with Gasteiger partial charge in [0, 0.05) is 37.4 Å². The van der Waals surface area contributed by atoms with Crippen LogP contribution in [0.2, 0.25) is 5.02 Å². The van der Waals surface area contributed by atoms with E-state index in [0.717, 1.165) is 31.7 Å². The second-order valence-electron chi connectivity index (χ2n) is 6.71. The van der Waals surface area contributed by atoms with E-state index in [-0.39, 0.29) is 11.9 Å². The molecule has 2 heterocycles. The molecule has 1 unspecified atom stereocenters. The summed E-state index contributed by atoms with van der Waals surface area (Å²) in [6.07, 6.45) is 1.62. The highest BCUT2D eigenvalue weighted by molar-refractivity contribution is 6.30. The van der Waals surface area contributed by atoms with Crippen LogP contribution in [0.4, 0.5) is 5.95 Å². The molecule has 0 aliphatic carbocycles. The Labute approximate surface area is 159 Å². The van der Waals surface area contributed by atoms with Crippen molar-refractivity contribution < 1.29 is 4.79 Å². The van der Waals surface area contributed by atoms with Gasteiger partial charge in [-0.2, -0.15) is 0 Å². The van der Waals surface area contributed by atoms with Gasteiger partial charge in [-0.05, 0) is 38.6 Å². The van der Waals surface area contributed by atoms with Gasteiger partial charge in [0.15, 0.2) is 0 Å². The van der Waals surface area contributed by atoms with Crippen LogP contribution in [0.15, 0.2) is 30.5 Å². The van der Waals surface area contributed by atoms with Crippen LogP contribution in [-0.4, -0.2) is 54.0 Å². The highest BCUT2D eigenvalue weighted by Gasteiger charge is 2.19. The number of amides is 1. The fourth-order valence-electron chi connectivity index (χ4n) is 2.95. The molecule has 1 amide bonds. The van der Waals surface area contributed by atoms with Crippen LogP contribution in [0.1, 0.15) is 34.6 Å². The first-order valence-corrected chi connectivity index (χ1v) is 9.15. The number of benzene rings is 1. The zero-order valence-electron chi connectivity index (χ0n) is 15.4. The lowest BCUT2D eigenvalue weighted by molar-refractivity contribution is 0.0938. The van der Waals surface area contributed by atoms with E-state index in [1.165, 1.54) is 0 Å². The Morgan fingerprint density at radius 3 is 2.46 bits per heavy atom. The predicted molar refractivity (Wildman–Crippen MR) is 104 cm³/mol. The van der Waals surface area contributed by atoms with Gasteiger partial charge in [0.25, 0.3) is 5.91 Å². The molecule has 6 nitrogen and oxygen atoms in total. The molecule has 1 aliphatic rings. The number of nitrogens with one attached hydrogen (secondary N) is 1. The van der Waals surface area contributed by atoms with Gasteiger partial charge in [-0.15, -0.1) is 0 Å². The Morgan fingerprint density at radius 1 is 1.19 bits per heavy atom. The summed E-state index contributed by atoms with van der Waals surface area (Å²) in [5, 5.41) is 3.67. The lowest BCUT2D eigenvalue weighted by atomic mass is 10.1. The highest BCUT2D eigenvalue weighted by atomic mass is 35.5. The second-order valence-corrected chi connectivity index (χ2v) is 7.14. The molecule has 0 spiro atoms. The van der Waals surface area contributed by atoms with Gasteiger partial charge < -0.3 is 15.1 Å². The summed E-state index contributed by atoms with van der Waals surface area (Å²) in [6.45, 7) is 7.57. The van der Waals surface area contributed by atoms with Crippen LogP contribution in [0.5, 0.6) is 0 Å². The molecule has 138 valence electrons. The molecule has 1 aromatic carbocycles. The van der Waals surface area contributed by atoms with Gasteiger partial charge in [-0.25, -0.2) is 9.97 Å². The normalized spacial score (nSPS) is 16.4. The Morgan fingerprint density at radius 2 is 1.85 bits per heavy atom. The molecule has 1 aliphatic heterocycles. The molecule has 0 bridgehead atoms. The number of aryl methyl sites for hydroxylation is 1. The molecule has 3 rings (SSSR count). The Hall–Kier alpha value is -2.18. The van der Waals surface area contributed by atoms with Crippen LogP contribution in [0.25, 0.3) is 0 Å². The van der Waals surface area contributed by atoms with Gasteiger partial charge in [-0.3, -0.25) is 4.79 Å². The van der Waals surface area contributed by atoms with Crippen molar-refractivity contribution in [2.24, 2.45) is 0 Å². The van der Waals surface area contributed by atoms with Gasteiger partial charge in [-0.1, -0.05) is 23.7 Å². The van der Waals surface area contributed by atoms with Crippen LogP contribution < -0.4 is 10.2 Å². The first kappa shape index (κ1) is 18.6. The number of hydrogen-bond acceptors (Lipinski definition) is 5. The summed E-state index contributed by atoms with van der Waals surface area (Å²) in [6, 6.07) is 7.33. The monoisotopic (exact) mass is 373 g/mol.